The topological polar surface area (TPSA) is 48.9 Å². The highest BCUT2D eigenvalue weighted by atomic mass is 16.3. The summed E-state index contributed by atoms with van der Waals surface area (Å²) < 4.78 is 0. The van der Waals surface area contributed by atoms with Gasteiger partial charge >= 0.3 is 0 Å². The van der Waals surface area contributed by atoms with Crippen LogP contribution in [0.25, 0.3) is 33.1 Å². The first-order valence-electron chi connectivity index (χ1n) is 6.89. The van der Waals surface area contributed by atoms with Crippen molar-refractivity contribution >= 4 is 21.8 Å². The number of nitrogens with zero attached hydrogens (tertiary/aromatic N) is 1. The fourth-order valence-corrected chi connectivity index (χ4v) is 2.80. The maximum absolute atomic E-state index is 9.73. The number of nitrogens with one attached hydrogen (secondary N) is 1. The van der Waals surface area contributed by atoms with Gasteiger partial charge in [-0.05, 0) is 42.8 Å². The summed E-state index contributed by atoms with van der Waals surface area (Å²) in [6, 6.07) is 15.6. The molecule has 2 heterocycles. The van der Waals surface area contributed by atoms with Crippen LogP contribution in [0.4, 0.5) is 0 Å². The van der Waals surface area contributed by atoms with E-state index in [9.17, 15) is 5.11 Å². The van der Waals surface area contributed by atoms with Gasteiger partial charge in [0.05, 0.1) is 11.2 Å². The van der Waals surface area contributed by atoms with Crippen molar-refractivity contribution in [3.8, 4) is 17.0 Å². The number of hydrogen-bond donors (Lipinski definition) is 2. The molecule has 0 saturated heterocycles. The average molecular weight is 274 g/mol. The van der Waals surface area contributed by atoms with Gasteiger partial charge in [0.2, 0.25) is 0 Å². The number of para-hydroxylation sites is 1. The third-order valence-electron chi connectivity index (χ3n) is 3.83. The molecule has 0 atom stereocenters. The summed E-state index contributed by atoms with van der Waals surface area (Å²) in [5.74, 6) is 0.266. The maximum Gasteiger partial charge on any atom is 0.116 e. The van der Waals surface area contributed by atoms with Crippen LogP contribution >= 0.6 is 0 Å². The van der Waals surface area contributed by atoms with Gasteiger partial charge in [0, 0.05) is 28.0 Å². The van der Waals surface area contributed by atoms with Crippen molar-refractivity contribution in [2.24, 2.45) is 0 Å². The Morgan fingerprint density at radius 3 is 2.81 bits per heavy atom. The number of aromatic amines is 1. The lowest BCUT2D eigenvalue weighted by atomic mass is 10.0. The molecule has 102 valence electrons. The summed E-state index contributed by atoms with van der Waals surface area (Å²) in [5, 5.41) is 11.9. The van der Waals surface area contributed by atoms with Crippen LogP contribution < -0.4 is 0 Å². The molecule has 0 spiro atoms. The van der Waals surface area contributed by atoms with E-state index in [2.05, 4.69) is 24.0 Å². The van der Waals surface area contributed by atoms with E-state index in [-0.39, 0.29) is 5.75 Å². The van der Waals surface area contributed by atoms with Crippen LogP contribution in [0, 0.1) is 6.92 Å². The normalized spacial score (nSPS) is 11.3. The molecule has 2 aromatic carbocycles. The molecule has 4 rings (SSSR count). The highest BCUT2D eigenvalue weighted by Gasteiger charge is 2.11. The maximum atomic E-state index is 9.73. The molecule has 0 saturated carbocycles. The van der Waals surface area contributed by atoms with Crippen LogP contribution in [0.5, 0.6) is 5.75 Å². The molecule has 0 aliphatic rings. The molecule has 2 aromatic heterocycles. The second-order valence-corrected chi connectivity index (χ2v) is 5.28. The highest BCUT2D eigenvalue weighted by Crippen LogP contribution is 2.32. The fourth-order valence-electron chi connectivity index (χ4n) is 2.80. The Morgan fingerprint density at radius 1 is 1.05 bits per heavy atom. The van der Waals surface area contributed by atoms with Crippen molar-refractivity contribution in [1.29, 1.82) is 0 Å². The van der Waals surface area contributed by atoms with Crippen LogP contribution in [0.1, 0.15) is 5.56 Å². The standard InChI is InChI=1S/C18H14N2O/c1-11-8-12-4-2-3-5-16(12)20-18(11)15-10-19-17-7-6-13(21)9-14(15)17/h2-10,19,21H,1H3. The lowest BCUT2D eigenvalue weighted by molar-refractivity contribution is 0.476. The minimum atomic E-state index is 0.266. The number of aromatic hydroxyl groups is 1. The first-order valence-corrected chi connectivity index (χ1v) is 6.89. The Morgan fingerprint density at radius 2 is 1.90 bits per heavy atom. The number of benzene rings is 2. The molecule has 3 nitrogen and oxygen atoms in total. The summed E-state index contributed by atoms with van der Waals surface area (Å²) in [4.78, 5) is 8.03. The molecule has 0 bridgehead atoms. The van der Waals surface area contributed by atoms with Crippen molar-refractivity contribution < 1.29 is 5.11 Å². The Labute approximate surface area is 121 Å². The van der Waals surface area contributed by atoms with E-state index in [1.54, 1.807) is 12.1 Å². The molecule has 0 unspecified atom stereocenters. The van der Waals surface area contributed by atoms with Gasteiger partial charge in [-0.15, -0.1) is 0 Å². The van der Waals surface area contributed by atoms with Crippen molar-refractivity contribution in [2.45, 2.75) is 6.92 Å². The number of H-pyrrole nitrogens is 1. The van der Waals surface area contributed by atoms with Gasteiger partial charge in [-0.2, -0.15) is 0 Å². The molecule has 21 heavy (non-hydrogen) atoms. The van der Waals surface area contributed by atoms with Crippen molar-refractivity contribution in [2.75, 3.05) is 0 Å². The Bertz CT molecular complexity index is 969. The zero-order chi connectivity index (χ0) is 14.4. The number of rotatable bonds is 1. The molecule has 3 heteroatoms. The Hall–Kier alpha value is -2.81. The van der Waals surface area contributed by atoms with Crippen molar-refractivity contribution in [1.82, 2.24) is 9.97 Å². The van der Waals surface area contributed by atoms with Crippen molar-refractivity contribution in [3.63, 3.8) is 0 Å². The minimum absolute atomic E-state index is 0.266. The van der Waals surface area contributed by atoms with E-state index in [4.69, 9.17) is 4.98 Å². The molecule has 2 N–H and O–H groups in total. The molecular weight excluding hydrogens is 260 g/mol. The predicted molar refractivity (Wildman–Crippen MR) is 85.4 cm³/mol. The molecule has 0 fully saturated rings. The first kappa shape index (κ1) is 12.0. The quantitative estimate of drug-likeness (QED) is 0.540. The van der Waals surface area contributed by atoms with Crippen LogP contribution in [0.3, 0.4) is 0 Å². The lowest BCUT2D eigenvalue weighted by Gasteiger charge is -2.06. The van der Waals surface area contributed by atoms with Gasteiger partial charge in [0.1, 0.15) is 5.75 Å². The lowest BCUT2D eigenvalue weighted by Crippen LogP contribution is -1.89. The Kier molecular flexibility index (Phi) is 2.48. The van der Waals surface area contributed by atoms with E-state index < -0.39 is 0 Å². The van der Waals surface area contributed by atoms with E-state index >= 15 is 0 Å². The van der Waals surface area contributed by atoms with E-state index in [1.807, 2.05) is 30.5 Å². The van der Waals surface area contributed by atoms with E-state index in [1.165, 1.54) is 0 Å². The SMILES string of the molecule is Cc1cc2ccccc2nc1-c1c[nH]c2ccc(O)cc12. The zero-order valence-corrected chi connectivity index (χ0v) is 11.6. The van der Waals surface area contributed by atoms with E-state index in [0.717, 1.165) is 38.6 Å². The number of aryl methyl sites for hydroxylation is 1. The second kappa shape index (κ2) is 4.35. The first-order chi connectivity index (χ1) is 10.2. The number of aromatic nitrogens is 2. The number of hydrogen-bond acceptors (Lipinski definition) is 2. The second-order valence-electron chi connectivity index (χ2n) is 5.28. The number of phenols is 1. The zero-order valence-electron chi connectivity index (χ0n) is 11.6. The number of phenolic OH excluding ortho intramolecular Hbond substituents is 1. The third-order valence-corrected chi connectivity index (χ3v) is 3.83. The third kappa shape index (κ3) is 1.86. The van der Waals surface area contributed by atoms with Gasteiger partial charge in [0.25, 0.3) is 0 Å². The monoisotopic (exact) mass is 274 g/mol. The van der Waals surface area contributed by atoms with Crippen molar-refractivity contribution in [3.05, 3.63) is 60.3 Å². The van der Waals surface area contributed by atoms with Gasteiger partial charge < -0.3 is 10.1 Å². The highest BCUT2D eigenvalue weighted by molar-refractivity contribution is 5.97. The smallest absolute Gasteiger partial charge is 0.116 e. The van der Waals surface area contributed by atoms with Gasteiger partial charge in [0.15, 0.2) is 0 Å². The summed E-state index contributed by atoms with van der Waals surface area (Å²) in [5.41, 5.74) is 5.07. The summed E-state index contributed by atoms with van der Waals surface area (Å²) in [6.45, 7) is 2.07. The van der Waals surface area contributed by atoms with Gasteiger partial charge in [-0.25, -0.2) is 4.98 Å². The van der Waals surface area contributed by atoms with Crippen LogP contribution in [0.15, 0.2) is 54.7 Å². The summed E-state index contributed by atoms with van der Waals surface area (Å²) in [6.07, 6.45) is 1.95. The Balaban J connectivity index is 2.03. The van der Waals surface area contributed by atoms with E-state index in [0.29, 0.717) is 0 Å². The minimum Gasteiger partial charge on any atom is -0.508 e. The fraction of sp³-hybridized carbons (Fsp3) is 0.0556. The largest absolute Gasteiger partial charge is 0.508 e. The average Bonchev–Trinajstić information content (AvgIpc) is 2.89. The summed E-state index contributed by atoms with van der Waals surface area (Å²) >= 11 is 0. The van der Waals surface area contributed by atoms with Crippen LogP contribution in [-0.2, 0) is 0 Å². The predicted octanol–water partition coefficient (Wildman–Crippen LogP) is 4.40. The van der Waals surface area contributed by atoms with Crippen LogP contribution in [-0.4, -0.2) is 15.1 Å². The number of pyridine rings is 1. The molecule has 0 amide bonds. The molecule has 0 aliphatic heterocycles. The molecule has 0 radical (unpaired) electrons. The molecule has 4 aromatic rings. The van der Waals surface area contributed by atoms with Gasteiger partial charge in [-0.1, -0.05) is 18.2 Å². The number of fused-ring (bicyclic) bond motifs is 2. The molecular formula is C18H14N2O. The van der Waals surface area contributed by atoms with Gasteiger partial charge in [-0.3, -0.25) is 0 Å². The molecule has 0 aliphatic carbocycles. The summed E-state index contributed by atoms with van der Waals surface area (Å²) in [7, 11) is 0. The van der Waals surface area contributed by atoms with Crippen LogP contribution in [0.2, 0.25) is 0 Å².